The van der Waals surface area contributed by atoms with Gasteiger partial charge in [0.1, 0.15) is 0 Å². The number of anilines is 3. The molecule has 0 saturated carbocycles. The number of aromatic nitrogens is 4. The molecular formula is C13H20N8. The minimum atomic E-state index is 0.391. The molecule has 0 radical (unpaired) electrons. The van der Waals surface area contributed by atoms with E-state index in [0.717, 1.165) is 18.8 Å². The molecule has 21 heavy (non-hydrogen) atoms. The second kappa shape index (κ2) is 7.22. The summed E-state index contributed by atoms with van der Waals surface area (Å²) in [5, 5.41) is 10.3. The maximum atomic E-state index is 4.24. The maximum absolute atomic E-state index is 4.24. The molecule has 2 aromatic rings. The quantitative estimate of drug-likeness (QED) is 0.528. The second-order valence-electron chi connectivity index (χ2n) is 4.28. The molecule has 0 atom stereocenters. The lowest BCUT2D eigenvalue weighted by molar-refractivity contribution is 0.917. The highest BCUT2D eigenvalue weighted by atomic mass is 15.4. The summed E-state index contributed by atoms with van der Waals surface area (Å²) in [6, 6.07) is 3.92. The summed E-state index contributed by atoms with van der Waals surface area (Å²) in [5.41, 5.74) is 3.80. The fourth-order valence-electron chi connectivity index (χ4n) is 1.66. The molecule has 0 aliphatic rings. The molecule has 0 aliphatic carbocycles. The van der Waals surface area contributed by atoms with Crippen LogP contribution in [-0.2, 0) is 7.05 Å². The van der Waals surface area contributed by atoms with Crippen molar-refractivity contribution in [2.75, 3.05) is 29.1 Å². The fraction of sp³-hybridized carbons (Fsp3) is 0.385. The molecule has 3 N–H and O–H groups in total. The molecule has 0 amide bonds. The summed E-state index contributed by atoms with van der Waals surface area (Å²) in [7, 11) is 1.96. The van der Waals surface area contributed by atoms with Crippen LogP contribution in [0.25, 0.3) is 0 Å². The largest absolute Gasteiger partial charge is 0.354 e. The molecule has 0 bridgehead atoms. The lowest BCUT2D eigenvalue weighted by Crippen LogP contribution is -2.10. The Labute approximate surface area is 123 Å². The second-order valence-corrected chi connectivity index (χ2v) is 4.28. The highest BCUT2D eigenvalue weighted by Gasteiger charge is 2.04. The van der Waals surface area contributed by atoms with E-state index in [1.54, 1.807) is 6.21 Å². The summed E-state index contributed by atoms with van der Waals surface area (Å²) < 4.78 is 1.97. The fourth-order valence-corrected chi connectivity index (χ4v) is 1.66. The molecule has 112 valence electrons. The molecule has 2 rings (SSSR count). The first-order valence-corrected chi connectivity index (χ1v) is 6.87. The average molecular weight is 288 g/mol. The van der Waals surface area contributed by atoms with Gasteiger partial charge in [0, 0.05) is 26.3 Å². The van der Waals surface area contributed by atoms with Gasteiger partial charge in [-0.25, -0.2) is 5.43 Å². The summed E-state index contributed by atoms with van der Waals surface area (Å²) in [5.74, 6) is 1.42. The van der Waals surface area contributed by atoms with E-state index >= 15 is 0 Å². The Kier molecular flexibility index (Phi) is 5.08. The van der Waals surface area contributed by atoms with Crippen LogP contribution in [0, 0.1) is 0 Å². The van der Waals surface area contributed by atoms with Gasteiger partial charge in [0.2, 0.25) is 17.8 Å². The van der Waals surface area contributed by atoms with Crippen molar-refractivity contribution in [2.45, 2.75) is 13.8 Å². The van der Waals surface area contributed by atoms with Gasteiger partial charge in [-0.05, 0) is 26.0 Å². The van der Waals surface area contributed by atoms with Crippen LogP contribution in [0.3, 0.4) is 0 Å². The molecule has 0 aliphatic heterocycles. The summed E-state index contributed by atoms with van der Waals surface area (Å²) in [4.78, 5) is 12.7. The maximum Gasteiger partial charge on any atom is 0.250 e. The van der Waals surface area contributed by atoms with E-state index in [0.29, 0.717) is 17.8 Å². The van der Waals surface area contributed by atoms with Crippen molar-refractivity contribution in [2.24, 2.45) is 12.1 Å². The third kappa shape index (κ3) is 4.16. The van der Waals surface area contributed by atoms with Gasteiger partial charge in [-0.1, -0.05) is 0 Å². The Morgan fingerprint density at radius 1 is 1.10 bits per heavy atom. The van der Waals surface area contributed by atoms with Crippen LogP contribution in [0.1, 0.15) is 19.5 Å². The van der Waals surface area contributed by atoms with Gasteiger partial charge in [0.05, 0.1) is 11.9 Å². The summed E-state index contributed by atoms with van der Waals surface area (Å²) in [6.45, 7) is 5.44. The number of hydrazone groups is 1. The first kappa shape index (κ1) is 14.8. The van der Waals surface area contributed by atoms with E-state index < -0.39 is 0 Å². The predicted octanol–water partition coefficient (Wildman–Crippen LogP) is 1.52. The average Bonchev–Trinajstić information content (AvgIpc) is 2.85. The van der Waals surface area contributed by atoms with Gasteiger partial charge in [-0.3, -0.25) is 0 Å². The predicted molar refractivity (Wildman–Crippen MR) is 84.8 cm³/mol. The first-order chi connectivity index (χ1) is 10.2. The smallest absolute Gasteiger partial charge is 0.250 e. The zero-order valence-electron chi connectivity index (χ0n) is 12.5. The van der Waals surface area contributed by atoms with Crippen molar-refractivity contribution in [3.05, 3.63) is 24.0 Å². The molecule has 0 fully saturated rings. The van der Waals surface area contributed by atoms with Crippen molar-refractivity contribution in [1.29, 1.82) is 0 Å². The van der Waals surface area contributed by atoms with E-state index in [1.165, 1.54) is 0 Å². The van der Waals surface area contributed by atoms with Gasteiger partial charge in [-0.2, -0.15) is 20.1 Å². The Morgan fingerprint density at radius 2 is 1.71 bits per heavy atom. The Morgan fingerprint density at radius 3 is 2.24 bits per heavy atom. The lowest BCUT2D eigenvalue weighted by Gasteiger charge is -2.07. The molecule has 0 saturated heterocycles. The molecule has 2 aromatic heterocycles. The first-order valence-electron chi connectivity index (χ1n) is 6.87. The number of nitrogens with one attached hydrogen (secondary N) is 3. The van der Waals surface area contributed by atoms with Gasteiger partial charge < -0.3 is 15.2 Å². The number of aryl methyl sites for hydroxylation is 1. The Balaban J connectivity index is 2.11. The van der Waals surface area contributed by atoms with E-state index in [1.807, 2.05) is 43.8 Å². The van der Waals surface area contributed by atoms with Crippen LogP contribution >= 0.6 is 0 Å². The molecule has 2 heterocycles. The van der Waals surface area contributed by atoms with E-state index in [-0.39, 0.29) is 0 Å². The van der Waals surface area contributed by atoms with Crippen LogP contribution in [0.15, 0.2) is 23.4 Å². The molecule has 0 aromatic carbocycles. The Hall–Kier alpha value is -2.64. The zero-order chi connectivity index (χ0) is 15.1. The SMILES string of the molecule is CCNc1nc(NCC)nc(N/N=C/c2cccn2C)n1. The van der Waals surface area contributed by atoms with Crippen LogP contribution in [0.5, 0.6) is 0 Å². The van der Waals surface area contributed by atoms with Gasteiger partial charge >= 0.3 is 0 Å². The lowest BCUT2D eigenvalue weighted by atomic mass is 10.5. The number of hydrogen-bond donors (Lipinski definition) is 3. The van der Waals surface area contributed by atoms with Gasteiger partial charge in [0.25, 0.3) is 0 Å². The van der Waals surface area contributed by atoms with E-state index in [9.17, 15) is 0 Å². The number of hydrogen-bond acceptors (Lipinski definition) is 7. The molecular weight excluding hydrogens is 268 g/mol. The topological polar surface area (TPSA) is 92.0 Å². The monoisotopic (exact) mass is 288 g/mol. The minimum absolute atomic E-state index is 0.391. The summed E-state index contributed by atoms with van der Waals surface area (Å²) >= 11 is 0. The number of rotatable bonds is 7. The summed E-state index contributed by atoms with van der Waals surface area (Å²) in [6.07, 6.45) is 3.67. The van der Waals surface area contributed by atoms with Crippen LogP contribution in [-0.4, -0.2) is 38.8 Å². The third-order valence-corrected chi connectivity index (χ3v) is 2.65. The van der Waals surface area contributed by atoms with Crippen molar-refractivity contribution >= 4 is 24.1 Å². The van der Waals surface area contributed by atoms with Crippen molar-refractivity contribution in [3.63, 3.8) is 0 Å². The zero-order valence-corrected chi connectivity index (χ0v) is 12.5. The number of nitrogens with zero attached hydrogens (tertiary/aromatic N) is 5. The molecule has 8 heteroatoms. The van der Waals surface area contributed by atoms with E-state index in [2.05, 4.69) is 36.1 Å². The highest BCUT2D eigenvalue weighted by Crippen LogP contribution is 2.09. The van der Waals surface area contributed by atoms with E-state index in [4.69, 9.17) is 0 Å². The van der Waals surface area contributed by atoms with Crippen molar-refractivity contribution < 1.29 is 0 Å². The van der Waals surface area contributed by atoms with Crippen LogP contribution in [0.4, 0.5) is 17.8 Å². The molecule has 8 nitrogen and oxygen atoms in total. The van der Waals surface area contributed by atoms with Crippen LogP contribution < -0.4 is 16.1 Å². The van der Waals surface area contributed by atoms with Crippen molar-refractivity contribution in [3.8, 4) is 0 Å². The molecule has 0 unspecified atom stereocenters. The Bertz CT molecular complexity index is 580. The standard InChI is InChI=1S/C13H20N8/c1-4-14-11-17-12(15-5-2)19-13(18-11)20-16-9-10-7-6-8-21(10)3/h6-9H,4-5H2,1-3H3,(H3,14,15,17,18,19,20)/b16-9+. The van der Waals surface area contributed by atoms with Gasteiger partial charge in [-0.15, -0.1) is 0 Å². The van der Waals surface area contributed by atoms with Gasteiger partial charge in [0.15, 0.2) is 0 Å². The van der Waals surface area contributed by atoms with Crippen molar-refractivity contribution in [1.82, 2.24) is 19.5 Å². The highest BCUT2D eigenvalue weighted by molar-refractivity contribution is 5.78. The third-order valence-electron chi connectivity index (χ3n) is 2.65. The molecule has 0 spiro atoms. The van der Waals surface area contributed by atoms with Crippen LogP contribution in [0.2, 0.25) is 0 Å². The normalized spacial score (nSPS) is 10.8. The minimum Gasteiger partial charge on any atom is -0.354 e.